The Morgan fingerprint density at radius 1 is 0.786 bits per heavy atom. The normalized spacial score (nSPS) is 17.0. The molecule has 1 fully saturated rings. The van der Waals surface area contributed by atoms with Gasteiger partial charge in [-0.05, 0) is 24.4 Å². The predicted molar refractivity (Wildman–Crippen MR) is 117 cm³/mol. The zero-order chi connectivity index (χ0) is 19.4. The highest BCUT2D eigenvalue weighted by Crippen LogP contribution is 2.32. The van der Waals surface area contributed by atoms with Crippen molar-refractivity contribution in [3.63, 3.8) is 0 Å². The fourth-order valence-corrected chi connectivity index (χ4v) is 6.74. The lowest BCUT2D eigenvalue weighted by Gasteiger charge is -2.24. The third kappa shape index (κ3) is 4.12. The molecule has 1 aliphatic rings. The molecule has 28 heavy (non-hydrogen) atoms. The molecule has 3 aromatic rings. The van der Waals surface area contributed by atoms with E-state index >= 15 is 0 Å². The Labute approximate surface area is 169 Å². The number of rotatable bonds is 6. The van der Waals surface area contributed by atoms with Gasteiger partial charge in [0.05, 0.1) is 13.2 Å². The fraction of sp³-hybridized carbons (Fsp3) is 0.280. The summed E-state index contributed by atoms with van der Waals surface area (Å²) in [7, 11) is -0.833. The van der Waals surface area contributed by atoms with Gasteiger partial charge in [0.1, 0.15) is 8.80 Å². The maximum Gasteiger partial charge on any atom is 0.192 e. The summed E-state index contributed by atoms with van der Waals surface area (Å²) in [6.45, 7) is 5.67. The molecule has 1 aliphatic heterocycles. The second-order valence-corrected chi connectivity index (χ2v) is 10.1. The molecule has 3 aromatic carbocycles. The molecule has 1 heterocycles. The lowest BCUT2D eigenvalue weighted by molar-refractivity contribution is -0.149. The van der Waals surface area contributed by atoms with E-state index in [9.17, 15) is 0 Å². The lowest BCUT2D eigenvalue weighted by Crippen LogP contribution is -2.42. The van der Waals surface area contributed by atoms with Gasteiger partial charge in [-0.25, -0.2) is 0 Å². The Kier molecular flexibility index (Phi) is 5.76. The molecule has 2 nitrogen and oxygen atoms in total. The zero-order valence-corrected chi connectivity index (χ0v) is 17.6. The lowest BCUT2D eigenvalue weighted by atomic mass is 9.99. The van der Waals surface area contributed by atoms with Gasteiger partial charge >= 0.3 is 0 Å². The Hall–Kier alpha value is -2.20. The molecule has 0 aromatic heterocycles. The van der Waals surface area contributed by atoms with Crippen molar-refractivity contribution in [3.8, 4) is 0 Å². The monoisotopic (exact) mass is 387 g/mol. The van der Waals surface area contributed by atoms with E-state index in [0.29, 0.717) is 19.1 Å². The molecule has 143 valence electrons. The maximum absolute atomic E-state index is 5.79. The molecule has 0 aliphatic carbocycles. The van der Waals surface area contributed by atoms with Crippen LogP contribution in [0.4, 0.5) is 0 Å². The average Bonchev–Trinajstić information content (AvgIpc) is 3.21. The van der Waals surface area contributed by atoms with Gasteiger partial charge in [0.2, 0.25) is 0 Å². The smallest absolute Gasteiger partial charge is 0.192 e. The summed E-state index contributed by atoms with van der Waals surface area (Å²) >= 11 is 0. The molecule has 0 saturated carbocycles. The molecule has 0 amide bonds. The summed E-state index contributed by atoms with van der Waals surface area (Å²) in [5, 5.41) is 2.95. The summed E-state index contributed by atoms with van der Waals surface area (Å²) < 4.78 is 11.6. The van der Waals surface area contributed by atoms with Gasteiger partial charge in [-0.15, -0.1) is 0 Å². The number of benzene rings is 3. The predicted octanol–water partition coefficient (Wildman–Crippen LogP) is 4.32. The van der Waals surface area contributed by atoms with Crippen LogP contribution in [0.1, 0.15) is 30.9 Å². The van der Waals surface area contributed by atoms with E-state index in [1.807, 2.05) is 6.92 Å². The third-order valence-corrected chi connectivity index (χ3v) is 8.68. The van der Waals surface area contributed by atoms with Gasteiger partial charge in [0.25, 0.3) is 0 Å². The molecule has 3 heteroatoms. The van der Waals surface area contributed by atoms with Gasteiger partial charge < -0.3 is 9.47 Å². The largest absolute Gasteiger partial charge is 0.344 e. The van der Waals surface area contributed by atoms with Crippen LogP contribution in [-0.2, 0) is 15.3 Å². The molecular weight excluding hydrogens is 360 g/mol. The molecule has 4 rings (SSSR count). The summed E-state index contributed by atoms with van der Waals surface area (Å²) in [5.74, 6) is -0.105. The Morgan fingerprint density at radius 2 is 1.29 bits per heavy atom. The molecule has 0 N–H and O–H groups in total. The van der Waals surface area contributed by atoms with Crippen LogP contribution in [0.5, 0.6) is 0 Å². The SMILES string of the molecule is C[C@H](C[Si](c1ccccc1)c1ccccc1)c1ccc(C2(C)OCCO2)cc1. The summed E-state index contributed by atoms with van der Waals surface area (Å²) in [6, 6.07) is 31.9. The standard InChI is InChI=1S/C25H27O2Si/c1-20(21-13-15-22(16-14-21)25(2)26-17-18-27-25)19-28(23-9-5-3-6-10-23)24-11-7-4-8-12-24/h3-16,20H,17-19H2,1-2H3/t20-/m1/s1. The van der Waals surface area contributed by atoms with E-state index < -0.39 is 14.6 Å². The van der Waals surface area contributed by atoms with Crippen molar-refractivity contribution in [1.29, 1.82) is 0 Å². The van der Waals surface area contributed by atoms with Gasteiger partial charge in [-0.3, -0.25) is 0 Å². The molecule has 1 atom stereocenters. The van der Waals surface area contributed by atoms with Crippen LogP contribution in [0, 0.1) is 0 Å². The number of hydrogen-bond donors (Lipinski definition) is 0. The van der Waals surface area contributed by atoms with Crippen molar-refractivity contribution < 1.29 is 9.47 Å². The van der Waals surface area contributed by atoms with E-state index in [1.165, 1.54) is 22.0 Å². The Morgan fingerprint density at radius 3 is 1.79 bits per heavy atom. The van der Waals surface area contributed by atoms with Gasteiger partial charge in [0.15, 0.2) is 5.79 Å². The molecule has 0 unspecified atom stereocenters. The van der Waals surface area contributed by atoms with Crippen molar-refractivity contribution in [2.24, 2.45) is 0 Å². The summed E-state index contributed by atoms with van der Waals surface area (Å²) in [5.41, 5.74) is 2.47. The highest BCUT2D eigenvalue weighted by molar-refractivity contribution is 6.85. The maximum atomic E-state index is 5.79. The van der Waals surface area contributed by atoms with Crippen molar-refractivity contribution >= 4 is 19.2 Å². The van der Waals surface area contributed by atoms with Crippen LogP contribution in [0.25, 0.3) is 0 Å². The van der Waals surface area contributed by atoms with Crippen molar-refractivity contribution in [1.82, 2.24) is 0 Å². The molecule has 0 bridgehead atoms. The van der Waals surface area contributed by atoms with Crippen molar-refractivity contribution in [2.45, 2.75) is 31.6 Å². The fourth-order valence-electron chi connectivity index (χ4n) is 3.90. The second-order valence-electron chi connectivity index (χ2n) is 7.58. The van der Waals surface area contributed by atoms with Gasteiger partial charge in [-0.2, -0.15) is 0 Å². The highest BCUT2D eigenvalue weighted by Gasteiger charge is 2.33. The van der Waals surface area contributed by atoms with Crippen LogP contribution in [0.2, 0.25) is 6.04 Å². The molecular formula is C25H27O2Si. The molecule has 1 saturated heterocycles. The van der Waals surface area contributed by atoms with E-state index in [1.54, 1.807) is 0 Å². The minimum atomic E-state index is -0.833. The summed E-state index contributed by atoms with van der Waals surface area (Å²) in [4.78, 5) is 0. The van der Waals surface area contributed by atoms with E-state index in [0.717, 1.165) is 5.56 Å². The van der Waals surface area contributed by atoms with Crippen molar-refractivity contribution in [2.75, 3.05) is 13.2 Å². The van der Waals surface area contributed by atoms with Crippen LogP contribution in [-0.4, -0.2) is 22.0 Å². The minimum absolute atomic E-state index is 0.488. The first-order chi connectivity index (χ1) is 13.7. The quantitative estimate of drug-likeness (QED) is 0.587. The van der Waals surface area contributed by atoms with Crippen LogP contribution in [0.15, 0.2) is 84.9 Å². The first-order valence-corrected chi connectivity index (χ1v) is 11.7. The first kappa shape index (κ1) is 19.1. The zero-order valence-electron chi connectivity index (χ0n) is 16.6. The van der Waals surface area contributed by atoms with Crippen molar-refractivity contribution in [3.05, 3.63) is 96.1 Å². The number of ether oxygens (including phenoxy) is 2. The number of hydrogen-bond acceptors (Lipinski definition) is 2. The van der Waals surface area contributed by atoms with E-state index in [-0.39, 0.29) is 0 Å². The average molecular weight is 388 g/mol. The van der Waals surface area contributed by atoms with Gasteiger partial charge in [-0.1, -0.05) is 102 Å². The van der Waals surface area contributed by atoms with Crippen LogP contribution < -0.4 is 10.4 Å². The van der Waals surface area contributed by atoms with Crippen LogP contribution in [0.3, 0.4) is 0 Å². The van der Waals surface area contributed by atoms with E-state index in [4.69, 9.17) is 9.47 Å². The Balaban J connectivity index is 1.55. The summed E-state index contributed by atoms with van der Waals surface area (Å²) in [6.07, 6.45) is 0. The molecule has 1 radical (unpaired) electrons. The molecule has 0 spiro atoms. The third-order valence-electron chi connectivity index (χ3n) is 5.60. The highest BCUT2D eigenvalue weighted by atomic mass is 28.3. The van der Waals surface area contributed by atoms with E-state index in [2.05, 4.69) is 91.9 Å². The Bertz CT molecular complexity index is 832. The van der Waals surface area contributed by atoms with Crippen LogP contribution >= 0.6 is 0 Å². The minimum Gasteiger partial charge on any atom is -0.344 e. The van der Waals surface area contributed by atoms with Gasteiger partial charge in [0, 0.05) is 5.56 Å². The first-order valence-electron chi connectivity index (χ1n) is 10.0. The topological polar surface area (TPSA) is 18.5 Å². The second kappa shape index (κ2) is 8.44.